The Labute approximate surface area is 756 Å². The molecule has 0 saturated carbocycles. The van der Waals surface area contributed by atoms with Gasteiger partial charge in [-0.25, -0.2) is 0 Å². The van der Waals surface area contributed by atoms with Crippen LogP contribution >= 0.6 is 15.9 Å². The van der Waals surface area contributed by atoms with Crippen molar-refractivity contribution in [3.63, 3.8) is 0 Å². The molecule has 0 N–H and O–H groups in total. The minimum absolute atomic E-state index is 0.129. The molecular weight excluding hydrogens is 1620 g/mol. The van der Waals surface area contributed by atoms with Crippen molar-refractivity contribution >= 4 is 162 Å². The number of aromatic nitrogens is 6. The number of rotatable bonds is 12. The summed E-state index contributed by atoms with van der Waals surface area (Å²) in [6.45, 7) is 21.9. The van der Waals surface area contributed by atoms with Gasteiger partial charge in [-0.15, -0.1) is 0 Å². The molecular formula is C118H98BBrN6O2. The van der Waals surface area contributed by atoms with Gasteiger partial charge in [-0.1, -0.05) is 337 Å². The minimum Gasteiger partial charge on any atom is -0.399 e. The first-order valence-corrected chi connectivity index (χ1v) is 45.2. The zero-order valence-electron chi connectivity index (χ0n) is 73.7. The standard InChI is InChI=1S/C56H43N3.C38H31BrN2.C24H24BNO2/c1-56(2,3)42-31-27-38(28-32-42)25-26-39-29-33-48-52(35-39)58(43-16-6-4-7-17-43)55-49-34-30-41(37-53(49)59(54(48)55)44-18-8-5-9-19-44)40-15-14-20-45(36-40)57-50-23-12-10-21-46(50)47-22-11-13-24-51(47)57;1-38(2,3)28-19-16-26(17-20-28)14-15-27-18-22-32-34(24-27)40(30-10-6-4-7-11-30)37-33-23-21-29(39)25-35(33)41(36(32)37)31-12-8-5-9-13-31;1-23(2)24(3,4)28-25(27-23)17-10-9-11-18(16-17)26-21-14-7-5-12-19(21)20-13-6-8-15-22(20)26/h4-37H,1-3H3;4-25H,1-3H3;5-16H,1-4H3/b26-25+;15-14+;. The zero-order chi connectivity index (χ0) is 87.3. The second-order valence-electron chi connectivity index (χ2n) is 36.9. The lowest BCUT2D eigenvalue weighted by atomic mass is 9.79. The fourth-order valence-electron chi connectivity index (χ4n) is 18.9. The van der Waals surface area contributed by atoms with Gasteiger partial charge in [0.25, 0.3) is 0 Å². The average molecular weight is 1720 g/mol. The number of hydrogen-bond acceptors (Lipinski definition) is 2. The Morgan fingerprint density at radius 3 is 0.922 bits per heavy atom. The van der Waals surface area contributed by atoms with Crippen molar-refractivity contribution in [3.05, 3.63) is 426 Å². The fourth-order valence-corrected chi connectivity index (χ4v) is 19.3. The summed E-state index contributed by atoms with van der Waals surface area (Å²) in [4.78, 5) is 0. The van der Waals surface area contributed by atoms with Crippen LogP contribution in [0.25, 0.3) is 179 Å². The van der Waals surface area contributed by atoms with Gasteiger partial charge in [0.1, 0.15) is 0 Å². The number of fused-ring (bicyclic) bond motifs is 16. The van der Waals surface area contributed by atoms with E-state index in [0.29, 0.717) is 0 Å². The van der Waals surface area contributed by atoms with Crippen molar-refractivity contribution in [1.82, 2.24) is 27.4 Å². The predicted molar refractivity (Wildman–Crippen MR) is 547 cm³/mol. The maximum atomic E-state index is 6.27. The van der Waals surface area contributed by atoms with Gasteiger partial charge in [0.05, 0.1) is 77.4 Å². The molecule has 128 heavy (non-hydrogen) atoms. The lowest BCUT2D eigenvalue weighted by Crippen LogP contribution is -2.41. The predicted octanol–water partition coefficient (Wildman–Crippen LogP) is 31.0. The molecule has 0 bridgehead atoms. The van der Waals surface area contributed by atoms with Gasteiger partial charge in [0.2, 0.25) is 0 Å². The smallest absolute Gasteiger partial charge is 0.399 e. The molecule has 8 nitrogen and oxygen atoms in total. The van der Waals surface area contributed by atoms with Crippen molar-refractivity contribution in [3.8, 4) is 45.3 Å². The normalized spacial score (nSPS) is 13.6. The SMILES string of the molecule is CC(C)(C)c1ccc(/C=C/c2ccc3c(c2)n(-c2ccccc2)c2c4ccc(-c5cccc(-n6c7ccccc7c7ccccc76)c5)cc4n(-c4ccccc4)c32)cc1.CC(C)(C)c1ccc(/C=C/c2ccc3c(c2)n(-c2ccccc2)c2c4ccc(Br)cc4n(-c4ccccc4)c32)cc1.CC1(C)OB(c2cccc(-n3c4ccccc4c4ccccc43)c2)OC1(C)C. The van der Waals surface area contributed by atoms with Gasteiger partial charge < -0.3 is 36.7 Å². The van der Waals surface area contributed by atoms with Gasteiger partial charge >= 0.3 is 7.12 Å². The maximum Gasteiger partial charge on any atom is 0.494 e. The third kappa shape index (κ3) is 14.6. The van der Waals surface area contributed by atoms with E-state index in [2.05, 4.69) is 525 Å². The summed E-state index contributed by atoms with van der Waals surface area (Å²) in [5.41, 5.74) is 31.7. The van der Waals surface area contributed by atoms with E-state index < -0.39 is 0 Å². The molecule has 6 aromatic heterocycles. The first kappa shape index (κ1) is 80.8. The summed E-state index contributed by atoms with van der Waals surface area (Å²) < 4.78 is 28.1. The van der Waals surface area contributed by atoms with Crippen LogP contribution in [0.1, 0.15) is 103 Å². The monoisotopic (exact) mass is 1720 g/mol. The molecule has 0 spiro atoms. The van der Waals surface area contributed by atoms with Crippen molar-refractivity contribution in [2.75, 3.05) is 0 Å². The highest BCUT2D eigenvalue weighted by Gasteiger charge is 2.52. The quantitative estimate of drug-likeness (QED) is 0.0904. The van der Waals surface area contributed by atoms with Gasteiger partial charge in [-0.3, -0.25) is 0 Å². The van der Waals surface area contributed by atoms with Crippen LogP contribution in [-0.4, -0.2) is 45.7 Å². The topological polar surface area (TPSA) is 48.0 Å². The Balaban J connectivity index is 0.000000125. The van der Waals surface area contributed by atoms with E-state index in [1.807, 2.05) is 0 Å². The fraction of sp³-hybridized carbons (Fsp3) is 0.119. The molecule has 7 heterocycles. The second kappa shape index (κ2) is 32.3. The van der Waals surface area contributed by atoms with E-state index in [0.717, 1.165) is 49.6 Å². The van der Waals surface area contributed by atoms with E-state index in [4.69, 9.17) is 9.31 Å². The number of halogens is 1. The molecule has 10 heteroatoms. The lowest BCUT2D eigenvalue weighted by molar-refractivity contribution is 0.00578. The molecule has 0 amide bonds. The summed E-state index contributed by atoms with van der Waals surface area (Å²) in [5.74, 6) is 0. The molecule has 0 unspecified atom stereocenters. The average Bonchev–Trinajstić information content (AvgIpc) is 1.54. The Hall–Kier alpha value is -14.3. The van der Waals surface area contributed by atoms with Crippen LogP contribution in [-0.2, 0) is 20.1 Å². The molecule has 1 fully saturated rings. The van der Waals surface area contributed by atoms with E-state index in [-0.39, 0.29) is 29.2 Å². The first-order chi connectivity index (χ1) is 62.2. The highest BCUT2D eigenvalue weighted by atomic mass is 79.9. The zero-order valence-corrected chi connectivity index (χ0v) is 75.3. The van der Waals surface area contributed by atoms with E-state index >= 15 is 0 Å². The summed E-state index contributed by atoms with van der Waals surface area (Å²) in [5, 5.41) is 9.94. The molecule has 22 aromatic rings. The Morgan fingerprint density at radius 1 is 0.242 bits per heavy atom. The Bertz CT molecular complexity index is 7940. The number of hydrogen-bond donors (Lipinski definition) is 0. The summed E-state index contributed by atoms with van der Waals surface area (Å²) in [7, 11) is -0.363. The number of para-hydroxylation sites is 8. The molecule has 0 atom stereocenters. The molecule has 0 aliphatic carbocycles. The van der Waals surface area contributed by atoms with E-state index in [1.54, 1.807) is 0 Å². The second-order valence-corrected chi connectivity index (χ2v) is 37.8. The lowest BCUT2D eigenvalue weighted by Gasteiger charge is -2.32. The Kier molecular flexibility index (Phi) is 20.4. The molecule has 0 radical (unpaired) electrons. The van der Waals surface area contributed by atoms with Crippen molar-refractivity contribution < 1.29 is 9.31 Å². The third-order valence-corrected chi connectivity index (χ3v) is 26.6. The first-order valence-electron chi connectivity index (χ1n) is 44.4. The Morgan fingerprint density at radius 2 is 0.539 bits per heavy atom. The van der Waals surface area contributed by atoms with Gasteiger partial charge in [0, 0.05) is 81.7 Å². The van der Waals surface area contributed by atoms with Crippen molar-refractivity contribution in [1.29, 1.82) is 0 Å². The van der Waals surface area contributed by atoms with Gasteiger partial charge in [-0.2, -0.15) is 0 Å². The van der Waals surface area contributed by atoms with Crippen LogP contribution in [0.5, 0.6) is 0 Å². The number of nitrogens with zero attached hydrogens (tertiary/aromatic N) is 6. The highest BCUT2D eigenvalue weighted by Crippen LogP contribution is 2.47. The van der Waals surface area contributed by atoms with Crippen LogP contribution in [0, 0.1) is 0 Å². The summed E-state index contributed by atoms with van der Waals surface area (Å²) in [6.07, 6.45) is 8.89. The van der Waals surface area contributed by atoms with E-state index in [1.165, 1.54) is 148 Å². The van der Waals surface area contributed by atoms with Crippen LogP contribution in [0.2, 0.25) is 0 Å². The third-order valence-electron chi connectivity index (χ3n) is 26.1. The van der Waals surface area contributed by atoms with Gasteiger partial charge in [-0.05, 0) is 222 Å². The van der Waals surface area contributed by atoms with Crippen LogP contribution in [0.15, 0.2) is 393 Å². The van der Waals surface area contributed by atoms with Crippen molar-refractivity contribution in [2.24, 2.45) is 0 Å². The molecule has 1 aliphatic rings. The van der Waals surface area contributed by atoms with Crippen LogP contribution in [0.3, 0.4) is 0 Å². The molecule has 1 aliphatic heterocycles. The van der Waals surface area contributed by atoms with Crippen LogP contribution in [0.4, 0.5) is 0 Å². The maximum absolute atomic E-state index is 6.27. The molecule has 1 saturated heterocycles. The molecule has 622 valence electrons. The van der Waals surface area contributed by atoms with E-state index in [9.17, 15) is 0 Å². The largest absolute Gasteiger partial charge is 0.494 e. The summed E-state index contributed by atoms with van der Waals surface area (Å²) in [6, 6.07) is 140. The highest BCUT2D eigenvalue weighted by molar-refractivity contribution is 9.10. The van der Waals surface area contributed by atoms with Gasteiger partial charge in [0.15, 0.2) is 0 Å². The molecule has 16 aromatic carbocycles. The van der Waals surface area contributed by atoms with Crippen molar-refractivity contribution in [2.45, 2.75) is 91.3 Å². The van der Waals surface area contributed by atoms with Crippen LogP contribution < -0.4 is 5.46 Å². The minimum atomic E-state index is -0.363. The summed E-state index contributed by atoms with van der Waals surface area (Å²) >= 11 is 3.73. The molecule has 23 rings (SSSR count). The number of benzene rings is 16.